The molecule has 0 saturated carbocycles. The molecule has 1 heterocycles. The fraction of sp³-hybridized carbons (Fsp3) is 0.160. The van der Waals surface area contributed by atoms with Gasteiger partial charge in [-0.2, -0.15) is 0 Å². The molecule has 0 aliphatic carbocycles. The minimum Gasteiger partial charge on any atom is -0.497 e. The summed E-state index contributed by atoms with van der Waals surface area (Å²) in [6, 6.07) is 21.0. The molecular weight excluding hydrogens is 408 g/mol. The molecule has 3 amide bonds. The van der Waals surface area contributed by atoms with Crippen molar-refractivity contribution in [2.75, 3.05) is 20.3 Å². The molecule has 0 unspecified atom stereocenters. The Labute approximate surface area is 185 Å². The van der Waals surface area contributed by atoms with Crippen LogP contribution in [-0.4, -0.2) is 42.9 Å². The number of carbonyl (C=O) groups is 3. The fourth-order valence-corrected chi connectivity index (χ4v) is 3.45. The number of rotatable bonds is 8. The number of hydrogen-bond donors (Lipinski definition) is 1. The maximum Gasteiger partial charge on any atom is 0.261 e. The van der Waals surface area contributed by atoms with E-state index in [4.69, 9.17) is 9.47 Å². The second-order valence-corrected chi connectivity index (χ2v) is 7.22. The number of ether oxygens (including phenoxy) is 2. The zero-order valence-electron chi connectivity index (χ0n) is 17.5. The second kappa shape index (κ2) is 9.34. The van der Waals surface area contributed by atoms with Crippen LogP contribution in [0.2, 0.25) is 0 Å². The van der Waals surface area contributed by atoms with Crippen LogP contribution in [0.5, 0.6) is 11.5 Å². The molecule has 7 heteroatoms. The summed E-state index contributed by atoms with van der Waals surface area (Å²) in [4.78, 5) is 39.2. The molecule has 7 nitrogen and oxygen atoms in total. The molecule has 0 spiro atoms. The Hall–Kier alpha value is -4.13. The molecule has 0 atom stereocenters. The van der Waals surface area contributed by atoms with E-state index < -0.39 is 5.91 Å². The van der Waals surface area contributed by atoms with E-state index in [1.807, 2.05) is 30.3 Å². The van der Waals surface area contributed by atoms with Gasteiger partial charge in [0.05, 0.1) is 31.3 Å². The summed E-state index contributed by atoms with van der Waals surface area (Å²) in [6.45, 7) is 0.762. The molecule has 0 saturated heterocycles. The van der Waals surface area contributed by atoms with Crippen LogP contribution < -0.4 is 14.8 Å². The van der Waals surface area contributed by atoms with Gasteiger partial charge in [0.1, 0.15) is 18.1 Å². The Bertz CT molecular complexity index is 1140. The summed E-state index contributed by atoms with van der Waals surface area (Å²) in [6.07, 6.45) is 0. The first-order valence-electron chi connectivity index (χ1n) is 10.2. The smallest absolute Gasteiger partial charge is 0.261 e. The van der Waals surface area contributed by atoms with Crippen LogP contribution >= 0.6 is 0 Å². The van der Waals surface area contributed by atoms with E-state index in [0.717, 1.165) is 11.3 Å². The molecule has 32 heavy (non-hydrogen) atoms. The van der Waals surface area contributed by atoms with E-state index >= 15 is 0 Å². The highest BCUT2D eigenvalue weighted by Gasteiger charge is 2.35. The molecule has 1 aliphatic heterocycles. The molecule has 3 aromatic carbocycles. The number of carbonyl (C=O) groups excluding carboxylic acids is 3. The normalized spacial score (nSPS) is 12.5. The highest BCUT2D eigenvalue weighted by molar-refractivity contribution is 6.22. The van der Waals surface area contributed by atoms with Gasteiger partial charge in [-0.05, 0) is 48.0 Å². The molecule has 0 radical (unpaired) electrons. The predicted molar refractivity (Wildman–Crippen MR) is 118 cm³/mol. The van der Waals surface area contributed by atoms with Gasteiger partial charge in [-0.15, -0.1) is 0 Å². The van der Waals surface area contributed by atoms with Gasteiger partial charge in [0, 0.05) is 5.56 Å². The Kier molecular flexibility index (Phi) is 6.17. The van der Waals surface area contributed by atoms with Gasteiger partial charge >= 0.3 is 0 Å². The van der Waals surface area contributed by atoms with Crippen molar-refractivity contribution in [1.29, 1.82) is 0 Å². The third-order valence-corrected chi connectivity index (χ3v) is 5.13. The van der Waals surface area contributed by atoms with Crippen LogP contribution in [0.15, 0.2) is 72.8 Å². The van der Waals surface area contributed by atoms with Crippen LogP contribution in [-0.2, 0) is 6.54 Å². The van der Waals surface area contributed by atoms with Crippen molar-refractivity contribution in [3.05, 3.63) is 95.1 Å². The molecule has 1 aliphatic rings. The van der Waals surface area contributed by atoms with Crippen molar-refractivity contribution >= 4 is 17.7 Å². The van der Waals surface area contributed by atoms with Crippen molar-refractivity contribution in [2.24, 2.45) is 0 Å². The molecule has 0 bridgehead atoms. The molecule has 0 aromatic heterocycles. The number of fused-ring (bicyclic) bond motifs is 1. The van der Waals surface area contributed by atoms with E-state index in [0.29, 0.717) is 16.9 Å². The SMILES string of the molecule is COc1ccc(OCCNC(=O)c2ccc3c(c2)C(=O)N(Cc2ccccc2)C3=O)cc1. The third-order valence-electron chi connectivity index (χ3n) is 5.13. The number of methoxy groups -OCH3 is 1. The van der Waals surface area contributed by atoms with Gasteiger partial charge in [0.2, 0.25) is 0 Å². The summed E-state index contributed by atoms with van der Waals surface area (Å²) >= 11 is 0. The molecule has 4 rings (SSSR count). The number of imide groups is 1. The van der Waals surface area contributed by atoms with Gasteiger partial charge in [-0.25, -0.2) is 0 Å². The first-order chi connectivity index (χ1) is 15.6. The number of benzene rings is 3. The quantitative estimate of drug-likeness (QED) is 0.438. The zero-order chi connectivity index (χ0) is 22.5. The third kappa shape index (κ3) is 4.46. The number of amides is 3. The number of nitrogens with zero attached hydrogens (tertiary/aromatic N) is 1. The number of nitrogens with one attached hydrogen (secondary N) is 1. The van der Waals surface area contributed by atoms with E-state index in [9.17, 15) is 14.4 Å². The maximum atomic E-state index is 12.8. The van der Waals surface area contributed by atoms with Gasteiger partial charge in [0.15, 0.2) is 0 Å². The second-order valence-electron chi connectivity index (χ2n) is 7.22. The largest absolute Gasteiger partial charge is 0.497 e. The Morgan fingerprint density at radius 2 is 1.56 bits per heavy atom. The Balaban J connectivity index is 1.35. The zero-order valence-corrected chi connectivity index (χ0v) is 17.5. The molecular formula is C25H22N2O5. The molecule has 3 aromatic rings. The summed E-state index contributed by atoms with van der Waals surface area (Å²) < 4.78 is 10.7. The average molecular weight is 430 g/mol. The van der Waals surface area contributed by atoms with Crippen molar-refractivity contribution < 1.29 is 23.9 Å². The van der Waals surface area contributed by atoms with Crippen LogP contribution in [0.3, 0.4) is 0 Å². The number of hydrogen-bond acceptors (Lipinski definition) is 5. The fourth-order valence-electron chi connectivity index (χ4n) is 3.45. The molecule has 1 N–H and O–H groups in total. The highest BCUT2D eigenvalue weighted by atomic mass is 16.5. The summed E-state index contributed by atoms with van der Waals surface area (Å²) in [7, 11) is 1.59. The van der Waals surface area contributed by atoms with Gasteiger partial charge in [-0.3, -0.25) is 19.3 Å². The highest BCUT2D eigenvalue weighted by Crippen LogP contribution is 2.25. The first-order valence-corrected chi connectivity index (χ1v) is 10.2. The summed E-state index contributed by atoms with van der Waals surface area (Å²) in [5.74, 6) is 0.311. The van der Waals surface area contributed by atoms with Gasteiger partial charge in [-0.1, -0.05) is 30.3 Å². The van der Waals surface area contributed by atoms with Crippen molar-refractivity contribution in [1.82, 2.24) is 10.2 Å². The van der Waals surface area contributed by atoms with E-state index in [1.165, 1.54) is 17.0 Å². The summed E-state index contributed by atoms with van der Waals surface area (Å²) in [5, 5.41) is 2.76. The Morgan fingerprint density at radius 1 is 0.875 bits per heavy atom. The standard InChI is InChI=1S/C25H22N2O5/c1-31-19-8-10-20(11-9-19)32-14-13-26-23(28)18-7-12-21-22(15-18)25(30)27(24(21)29)16-17-5-3-2-4-6-17/h2-12,15H,13-14,16H2,1H3,(H,26,28). The first kappa shape index (κ1) is 21.1. The summed E-state index contributed by atoms with van der Waals surface area (Å²) in [5.41, 5.74) is 1.73. The van der Waals surface area contributed by atoms with Crippen LogP contribution in [0.4, 0.5) is 0 Å². The minimum atomic E-state index is -0.397. The van der Waals surface area contributed by atoms with Crippen LogP contribution in [0.1, 0.15) is 36.6 Å². The maximum absolute atomic E-state index is 12.8. The molecule has 0 fully saturated rings. The van der Waals surface area contributed by atoms with E-state index in [2.05, 4.69) is 5.32 Å². The van der Waals surface area contributed by atoms with Crippen molar-refractivity contribution in [3.8, 4) is 11.5 Å². The van der Waals surface area contributed by atoms with Crippen molar-refractivity contribution in [2.45, 2.75) is 6.54 Å². The monoisotopic (exact) mass is 430 g/mol. The van der Waals surface area contributed by atoms with Crippen LogP contribution in [0, 0.1) is 0 Å². The minimum absolute atomic E-state index is 0.192. The lowest BCUT2D eigenvalue weighted by molar-refractivity contribution is 0.0642. The van der Waals surface area contributed by atoms with Crippen molar-refractivity contribution in [3.63, 3.8) is 0 Å². The molecule has 162 valence electrons. The Morgan fingerprint density at radius 3 is 2.28 bits per heavy atom. The van der Waals surface area contributed by atoms with E-state index in [-0.39, 0.29) is 37.1 Å². The predicted octanol–water partition coefficient (Wildman–Crippen LogP) is 3.30. The lowest BCUT2D eigenvalue weighted by Gasteiger charge is -2.13. The van der Waals surface area contributed by atoms with Gasteiger partial charge in [0.25, 0.3) is 17.7 Å². The average Bonchev–Trinajstić information content (AvgIpc) is 3.07. The topological polar surface area (TPSA) is 84.9 Å². The lowest BCUT2D eigenvalue weighted by Crippen LogP contribution is -2.29. The lowest BCUT2D eigenvalue weighted by atomic mass is 10.1. The van der Waals surface area contributed by atoms with E-state index in [1.54, 1.807) is 37.4 Å². The van der Waals surface area contributed by atoms with Gasteiger partial charge < -0.3 is 14.8 Å². The van der Waals surface area contributed by atoms with Crippen LogP contribution in [0.25, 0.3) is 0 Å².